The molecule has 0 bridgehead atoms. The Labute approximate surface area is 499 Å². The van der Waals surface area contributed by atoms with Crippen LogP contribution in [0, 0.1) is 105 Å². The Kier molecular flexibility index (Phi) is 18.5. The summed E-state index contributed by atoms with van der Waals surface area (Å²) in [6, 6.07) is 1.84. The minimum absolute atomic E-state index is 0.0958. The second-order valence-corrected chi connectivity index (χ2v) is 31.7. The summed E-state index contributed by atoms with van der Waals surface area (Å²) in [6.07, 6.45) is 39.7. The zero-order valence-electron chi connectivity index (χ0n) is 50.6. The highest BCUT2D eigenvalue weighted by Crippen LogP contribution is 2.73. The molecular formula is C67H114I2N4O5. The molecule has 9 nitrogen and oxygen atoms in total. The third-order valence-electron chi connectivity index (χ3n) is 27.8. The zero-order valence-corrected chi connectivity index (χ0v) is 54.9. The maximum Gasteiger partial charge on any atom is 0.315 e. The van der Waals surface area contributed by atoms with Gasteiger partial charge in [0.1, 0.15) is 0 Å². The van der Waals surface area contributed by atoms with Gasteiger partial charge in [0.05, 0.1) is 25.4 Å². The van der Waals surface area contributed by atoms with Gasteiger partial charge in [0, 0.05) is 86.1 Å². The molecule has 78 heavy (non-hydrogen) atoms. The van der Waals surface area contributed by atoms with Crippen LogP contribution in [-0.2, 0) is 18.9 Å². The first-order valence-electron chi connectivity index (χ1n) is 33.7. The number of hydrogen-bond donors (Lipinski definition) is 4. The summed E-state index contributed by atoms with van der Waals surface area (Å²) in [6.45, 7) is 22.0. The van der Waals surface area contributed by atoms with Crippen molar-refractivity contribution in [2.24, 2.45) is 116 Å². The van der Waals surface area contributed by atoms with Crippen LogP contribution >= 0.6 is 37.2 Å². The first-order chi connectivity index (χ1) is 37.4. The number of fused-ring (bicyclic) bond motifs is 14. The van der Waals surface area contributed by atoms with Crippen LogP contribution in [0.25, 0.3) is 0 Å². The van der Waals surface area contributed by atoms with Gasteiger partial charge in [0.2, 0.25) is 0 Å². The molecule has 0 radical (unpaired) electrons. The van der Waals surface area contributed by atoms with E-state index in [2.05, 4.69) is 103 Å². The van der Waals surface area contributed by atoms with Gasteiger partial charge in [-0.2, -0.15) is 0 Å². The molecule has 2 spiro atoms. The summed E-state index contributed by atoms with van der Waals surface area (Å²) in [5.41, 5.74) is 13.9. The lowest BCUT2D eigenvalue weighted by atomic mass is 9.44. The fourth-order valence-corrected chi connectivity index (χ4v) is 23.5. The Bertz CT molecular complexity index is 2020. The lowest BCUT2D eigenvalue weighted by Crippen LogP contribution is -2.57. The maximum absolute atomic E-state index is 12.8. The number of nitrogens with one attached hydrogen (secondary N) is 2. The Balaban J connectivity index is 0.000000146. The van der Waals surface area contributed by atoms with Crippen molar-refractivity contribution >= 4 is 43.3 Å². The average Bonchev–Trinajstić information content (AvgIpc) is 3.71. The topological polar surface area (TPSA) is 130 Å². The SMILES string of the molecule is C[C@H]1CC[C@@]2(OC1)O[C@H]1C[C@H]3[C@@H]4CC[C@@H]5C[C@H](N)CC[C@]5(C)[C@H]4CC[C@]3(C)[C@H]1[C@@H]2C.C[C@H]1CC[C@@]2(OC1)O[C@H]1C[C@H]3[C@@H]4CC[C@@H]5C[C@H](NC(=O)NC6CCCCC6)CC[C@]5(C)[C@H]4CC[C@]3(C)[C@H]1[C@@H]2C.II.NC1CCCCC1. The first kappa shape index (κ1) is 60.2. The van der Waals surface area contributed by atoms with E-state index >= 15 is 0 Å². The van der Waals surface area contributed by atoms with Crippen molar-refractivity contribution in [3.05, 3.63) is 0 Å². The van der Waals surface area contributed by atoms with Crippen molar-refractivity contribution in [1.82, 2.24) is 10.6 Å². The van der Waals surface area contributed by atoms with E-state index in [1.165, 1.54) is 161 Å². The average molecular weight is 1310 g/mol. The molecule has 446 valence electrons. The normalized spacial score (nSPS) is 53.1. The van der Waals surface area contributed by atoms with Crippen LogP contribution in [-0.4, -0.2) is 67.2 Å². The van der Waals surface area contributed by atoms with Crippen LogP contribution in [0.15, 0.2) is 0 Å². The number of rotatable bonds is 2. The predicted octanol–water partition coefficient (Wildman–Crippen LogP) is 16.2. The molecule has 24 atom stereocenters. The molecule has 10 aliphatic carbocycles. The Hall–Kier alpha value is 0.490. The molecule has 4 saturated heterocycles. The second kappa shape index (κ2) is 24.0. The highest BCUT2D eigenvalue weighted by Gasteiger charge is 2.71. The van der Waals surface area contributed by atoms with Gasteiger partial charge < -0.3 is 41.0 Å². The molecule has 11 heteroatoms. The number of hydrogen-bond acceptors (Lipinski definition) is 7. The highest BCUT2D eigenvalue weighted by atomic mass is 128. The molecule has 4 aliphatic heterocycles. The molecule has 0 aromatic heterocycles. The van der Waals surface area contributed by atoms with Gasteiger partial charge >= 0.3 is 6.03 Å². The number of ether oxygens (including phenoxy) is 4. The Morgan fingerprint density at radius 1 is 0.449 bits per heavy atom. The van der Waals surface area contributed by atoms with Crippen LogP contribution in [0.1, 0.15) is 248 Å². The number of urea groups is 1. The van der Waals surface area contributed by atoms with Crippen molar-refractivity contribution in [3.63, 3.8) is 0 Å². The van der Waals surface area contributed by atoms with Gasteiger partial charge in [-0.15, -0.1) is 0 Å². The summed E-state index contributed by atoms with van der Waals surface area (Å²) in [7, 11) is 0. The van der Waals surface area contributed by atoms with E-state index < -0.39 is 0 Å². The third-order valence-corrected chi connectivity index (χ3v) is 27.8. The number of nitrogens with two attached hydrogens (primary N) is 2. The van der Waals surface area contributed by atoms with Crippen molar-refractivity contribution in [2.75, 3.05) is 13.2 Å². The molecule has 14 aliphatic rings. The Morgan fingerprint density at radius 3 is 1.36 bits per heavy atom. The maximum atomic E-state index is 12.8. The predicted molar refractivity (Wildman–Crippen MR) is 333 cm³/mol. The van der Waals surface area contributed by atoms with Crippen molar-refractivity contribution in [3.8, 4) is 0 Å². The second-order valence-electron chi connectivity index (χ2n) is 31.7. The lowest BCUT2D eigenvalue weighted by Gasteiger charge is -2.61. The van der Waals surface area contributed by atoms with Crippen LogP contribution in [0.2, 0.25) is 0 Å². The van der Waals surface area contributed by atoms with E-state index in [1.807, 2.05) is 0 Å². The van der Waals surface area contributed by atoms with E-state index in [-0.39, 0.29) is 17.6 Å². The number of amides is 2. The van der Waals surface area contributed by atoms with Crippen molar-refractivity contribution in [1.29, 1.82) is 0 Å². The molecule has 2 amide bonds. The molecule has 0 aromatic rings. The molecule has 10 saturated carbocycles. The molecule has 0 unspecified atom stereocenters. The van der Waals surface area contributed by atoms with Crippen LogP contribution in [0.4, 0.5) is 4.79 Å². The summed E-state index contributed by atoms with van der Waals surface area (Å²) < 4.78 is 26.9. The fraction of sp³-hybridized carbons (Fsp3) is 0.985. The molecule has 14 rings (SSSR count). The van der Waals surface area contributed by atoms with Crippen molar-refractivity contribution in [2.45, 2.75) is 296 Å². The minimum atomic E-state index is -0.301. The van der Waals surface area contributed by atoms with Crippen LogP contribution in [0.5, 0.6) is 0 Å². The molecule has 0 aromatic carbocycles. The highest BCUT2D eigenvalue weighted by molar-refractivity contribution is 15.0. The van der Waals surface area contributed by atoms with E-state index in [0.717, 1.165) is 92.7 Å². The van der Waals surface area contributed by atoms with E-state index in [1.54, 1.807) is 0 Å². The standard InChI is InChI=1S/C34H56N2O3.C27H45NO2.C6H13N.I2/c1-21-12-17-34(38-20-21)22(2)30-29(39-34)19-28-26-11-10-23-18-25(36-31(37)35-24-8-6-5-7-9-24)13-15-32(23,3)27(26)14-16-33(28,30)4;1-16-7-12-27(29-15-16)17(2)24-23(30-27)14-22-20-6-5-18-13-19(28)8-10-25(18,3)21(20)9-11-26(22,24)4;7-6-4-2-1-3-5-6;1-2/h21-30H,5-20H2,1-4H3,(H2,35,36,37);16-24H,5-15,28H2,1-4H3;6H,1-5,7H2;/t21-,22-,23+,25+,26+,27-,28-,29-,30-,32-,33-,34+;16-,17-,18+,19+,20+,21-,22-,23-,24-,25-,26-,27+;;/m00../s1. The third kappa shape index (κ3) is 10.8. The van der Waals surface area contributed by atoms with Gasteiger partial charge in [0.15, 0.2) is 11.6 Å². The monoisotopic (exact) mass is 1310 g/mol. The van der Waals surface area contributed by atoms with Gasteiger partial charge in [0.25, 0.3) is 0 Å². The number of halogens is 2. The smallest absolute Gasteiger partial charge is 0.315 e. The molecule has 4 heterocycles. The quantitative estimate of drug-likeness (QED) is 0.203. The van der Waals surface area contributed by atoms with Crippen LogP contribution < -0.4 is 22.1 Å². The number of carbonyl (C=O) groups excluding carboxylic acids is 1. The number of carbonyl (C=O) groups is 1. The zero-order chi connectivity index (χ0) is 55.0. The fourth-order valence-electron chi connectivity index (χ4n) is 23.5. The lowest BCUT2D eigenvalue weighted by molar-refractivity contribution is -0.273. The van der Waals surface area contributed by atoms with Gasteiger partial charge in [-0.1, -0.05) is 93.9 Å². The molecule has 6 N–H and O–H groups in total. The summed E-state index contributed by atoms with van der Waals surface area (Å²) >= 11 is 4.24. The first-order valence-corrected chi connectivity index (χ1v) is 40.0. The van der Waals surface area contributed by atoms with E-state index in [4.69, 9.17) is 30.4 Å². The largest absolute Gasteiger partial charge is 0.349 e. The van der Waals surface area contributed by atoms with Crippen molar-refractivity contribution < 1.29 is 23.7 Å². The van der Waals surface area contributed by atoms with Gasteiger partial charge in [-0.05, 0) is 234 Å². The summed E-state index contributed by atoms with van der Waals surface area (Å²) in [5.74, 6) is 10.0. The van der Waals surface area contributed by atoms with Crippen LogP contribution in [0.3, 0.4) is 0 Å². The van der Waals surface area contributed by atoms with Gasteiger partial charge in [-0.3, -0.25) is 0 Å². The summed E-state index contributed by atoms with van der Waals surface area (Å²) in [4.78, 5) is 12.8. The minimum Gasteiger partial charge on any atom is -0.349 e. The summed E-state index contributed by atoms with van der Waals surface area (Å²) in [5, 5.41) is 6.71. The van der Waals surface area contributed by atoms with E-state index in [9.17, 15) is 4.79 Å². The molecule has 14 fully saturated rings. The Morgan fingerprint density at radius 2 is 0.897 bits per heavy atom. The van der Waals surface area contributed by atoms with Gasteiger partial charge in [-0.25, -0.2) is 4.79 Å². The van der Waals surface area contributed by atoms with E-state index in [0.29, 0.717) is 93.5 Å². The molecular weight excluding hydrogens is 1190 g/mol.